The monoisotopic (exact) mass is 367 g/mol. The van der Waals surface area contributed by atoms with Gasteiger partial charge in [-0.05, 0) is 52.2 Å². The van der Waals surface area contributed by atoms with Crippen molar-refractivity contribution in [3.63, 3.8) is 0 Å². The fourth-order valence-electron chi connectivity index (χ4n) is 2.85. The summed E-state index contributed by atoms with van der Waals surface area (Å²) in [5.74, 6) is 0.891. The van der Waals surface area contributed by atoms with Gasteiger partial charge in [0, 0.05) is 48.5 Å². The average molecular weight is 368 g/mol. The molecule has 0 aliphatic carbocycles. The molecule has 1 aliphatic heterocycles. The Bertz CT molecular complexity index is 513. The van der Waals surface area contributed by atoms with Crippen LogP contribution in [0.3, 0.4) is 0 Å². The van der Waals surface area contributed by atoms with E-state index in [1.54, 1.807) is 0 Å². The zero-order valence-electron chi connectivity index (χ0n) is 15.8. The highest BCUT2D eigenvalue weighted by Gasteiger charge is 2.14. The van der Waals surface area contributed by atoms with Crippen molar-refractivity contribution < 1.29 is 9.47 Å². The van der Waals surface area contributed by atoms with Gasteiger partial charge in [-0.3, -0.25) is 4.99 Å². The fourth-order valence-corrected chi connectivity index (χ4v) is 3.87. The number of aliphatic imine (C=N–C) groups is 1. The summed E-state index contributed by atoms with van der Waals surface area (Å²) in [7, 11) is 0. The molecule has 0 saturated carbocycles. The molecule has 2 rings (SSSR count). The number of hydrogen-bond acceptors (Lipinski definition) is 4. The number of nitrogens with one attached hydrogen (secondary N) is 2. The second-order valence-corrected chi connectivity index (χ2v) is 7.96. The fraction of sp³-hybridized carbons (Fsp3) is 0.737. The molecule has 142 valence electrons. The number of thiophene rings is 1. The Kier molecular flexibility index (Phi) is 9.29. The topological polar surface area (TPSA) is 54.9 Å². The Morgan fingerprint density at radius 2 is 2.36 bits per heavy atom. The van der Waals surface area contributed by atoms with E-state index in [0.717, 1.165) is 58.1 Å². The Morgan fingerprint density at radius 3 is 3.04 bits per heavy atom. The van der Waals surface area contributed by atoms with E-state index < -0.39 is 0 Å². The number of guanidine groups is 1. The molecule has 0 radical (unpaired) electrons. The summed E-state index contributed by atoms with van der Waals surface area (Å²) in [4.78, 5) is 7.44. The molecule has 1 saturated heterocycles. The predicted molar refractivity (Wildman–Crippen MR) is 106 cm³/mol. The molecule has 1 aromatic rings. The first-order valence-corrected chi connectivity index (χ1v) is 10.3. The minimum atomic E-state index is 0.309. The lowest BCUT2D eigenvalue weighted by Gasteiger charge is -2.17. The number of rotatable bonds is 10. The van der Waals surface area contributed by atoms with E-state index in [1.165, 1.54) is 16.2 Å². The summed E-state index contributed by atoms with van der Waals surface area (Å²) in [6, 6.07) is 4.75. The van der Waals surface area contributed by atoms with Crippen LogP contribution < -0.4 is 10.6 Å². The third-order valence-corrected chi connectivity index (χ3v) is 5.10. The zero-order valence-corrected chi connectivity index (χ0v) is 16.7. The Hall–Kier alpha value is -1.11. The van der Waals surface area contributed by atoms with Crippen molar-refractivity contribution in [2.24, 2.45) is 4.99 Å². The van der Waals surface area contributed by atoms with Crippen molar-refractivity contribution in [3.05, 3.63) is 21.9 Å². The smallest absolute Gasteiger partial charge is 0.191 e. The van der Waals surface area contributed by atoms with Crippen molar-refractivity contribution in [2.75, 3.05) is 32.9 Å². The van der Waals surface area contributed by atoms with Gasteiger partial charge < -0.3 is 20.1 Å². The molecule has 0 bridgehead atoms. The van der Waals surface area contributed by atoms with Gasteiger partial charge in [-0.15, -0.1) is 11.3 Å². The summed E-state index contributed by atoms with van der Waals surface area (Å²) >= 11 is 1.87. The molecule has 0 spiro atoms. The van der Waals surface area contributed by atoms with Gasteiger partial charge in [0.1, 0.15) is 0 Å². The summed E-state index contributed by atoms with van der Waals surface area (Å²) < 4.78 is 11.2. The molecular weight excluding hydrogens is 334 g/mol. The van der Waals surface area contributed by atoms with Gasteiger partial charge in [0.2, 0.25) is 0 Å². The standard InChI is InChI=1S/C19H33N3O2S/c1-4-20-19(22-15(2)13-18-9-8-16(3)25-18)21-10-6-11-23-14-17-7-5-12-24-17/h8-9,15,17H,4-7,10-14H2,1-3H3,(H2,20,21,22). The molecule has 1 fully saturated rings. The third-order valence-electron chi connectivity index (χ3n) is 4.08. The maximum Gasteiger partial charge on any atom is 0.191 e. The molecule has 0 aromatic carbocycles. The zero-order chi connectivity index (χ0) is 17.9. The highest BCUT2D eigenvalue weighted by Crippen LogP contribution is 2.16. The molecule has 2 unspecified atom stereocenters. The van der Waals surface area contributed by atoms with E-state index in [-0.39, 0.29) is 0 Å². The molecule has 2 atom stereocenters. The quantitative estimate of drug-likeness (QED) is 0.379. The Labute approximate surface area is 156 Å². The van der Waals surface area contributed by atoms with Crippen molar-refractivity contribution in [3.8, 4) is 0 Å². The normalized spacial score (nSPS) is 19.2. The lowest BCUT2D eigenvalue weighted by molar-refractivity contribution is 0.0171. The summed E-state index contributed by atoms with van der Waals surface area (Å²) in [5.41, 5.74) is 0. The molecule has 6 heteroatoms. The first-order chi connectivity index (χ1) is 12.2. The minimum Gasteiger partial charge on any atom is -0.379 e. The van der Waals surface area contributed by atoms with Crippen molar-refractivity contribution in [1.82, 2.24) is 10.6 Å². The molecule has 2 heterocycles. The van der Waals surface area contributed by atoms with Gasteiger partial charge in [0.25, 0.3) is 0 Å². The van der Waals surface area contributed by atoms with Gasteiger partial charge in [-0.1, -0.05) is 0 Å². The number of nitrogens with zero attached hydrogens (tertiary/aromatic N) is 1. The van der Waals surface area contributed by atoms with E-state index in [9.17, 15) is 0 Å². The maximum absolute atomic E-state index is 5.69. The van der Waals surface area contributed by atoms with Crippen LogP contribution in [0.15, 0.2) is 17.1 Å². The summed E-state index contributed by atoms with van der Waals surface area (Å²) in [6.45, 7) is 10.4. The van der Waals surface area contributed by atoms with Crippen LogP contribution in [0.4, 0.5) is 0 Å². The highest BCUT2D eigenvalue weighted by molar-refractivity contribution is 7.11. The van der Waals surface area contributed by atoms with Crippen LogP contribution in [0.5, 0.6) is 0 Å². The third kappa shape index (κ3) is 8.21. The molecule has 5 nitrogen and oxygen atoms in total. The van der Waals surface area contributed by atoms with Crippen LogP contribution in [0.2, 0.25) is 0 Å². The van der Waals surface area contributed by atoms with Crippen LogP contribution in [-0.2, 0) is 15.9 Å². The maximum atomic E-state index is 5.69. The first-order valence-electron chi connectivity index (χ1n) is 9.47. The lowest BCUT2D eigenvalue weighted by Crippen LogP contribution is -2.43. The highest BCUT2D eigenvalue weighted by atomic mass is 32.1. The summed E-state index contributed by atoms with van der Waals surface area (Å²) in [6.07, 6.45) is 4.56. The average Bonchev–Trinajstić information content (AvgIpc) is 3.22. The molecule has 2 N–H and O–H groups in total. The van der Waals surface area contributed by atoms with E-state index >= 15 is 0 Å². The number of ether oxygens (including phenoxy) is 2. The predicted octanol–water partition coefficient (Wildman–Crippen LogP) is 3.13. The van der Waals surface area contributed by atoms with Crippen molar-refractivity contribution >= 4 is 17.3 Å². The SMILES string of the molecule is CCNC(=NCCCOCC1CCCO1)NC(C)Cc1ccc(C)s1. The number of aryl methyl sites for hydroxylation is 1. The van der Waals surface area contributed by atoms with Gasteiger partial charge in [0.05, 0.1) is 12.7 Å². The Morgan fingerprint density at radius 1 is 1.48 bits per heavy atom. The molecule has 25 heavy (non-hydrogen) atoms. The van der Waals surface area contributed by atoms with E-state index in [0.29, 0.717) is 12.1 Å². The van der Waals surface area contributed by atoms with E-state index in [2.05, 4.69) is 48.5 Å². The van der Waals surface area contributed by atoms with Gasteiger partial charge in [-0.25, -0.2) is 0 Å². The van der Waals surface area contributed by atoms with Crippen LogP contribution >= 0.6 is 11.3 Å². The first kappa shape index (κ1) is 20.2. The van der Waals surface area contributed by atoms with Crippen LogP contribution in [0.25, 0.3) is 0 Å². The van der Waals surface area contributed by atoms with E-state index in [4.69, 9.17) is 9.47 Å². The van der Waals surface area contributed by atoms with Crippen molar-refractivity contribution in [2.45, 2.75) is 58.6 Å². The van der Waals surface area contributed by atoms with Crippen LogP contribution in [-0.4, -0.2) is 51.0 Å². The van der Waals surface area contributed by atoms with E-state index in [1.807, 2.05) is 11.3 Å². The van der Waals surface area contributed by atoms with Gasteiger partial charge >= 0.3 is 0 Å². The number of hydrogen-bond donors (Lipinski definition) is 2. The van der Waals surface area contributed by atoms with Gasteiger partial charge in [-0.2, -0.15) is 0 Å². The second-order valence-electron chi connectivity index (χ2n) is 6.59. The largest absolute Gasteiger partial charge is 0.379 e. The molecule has 1 aromatic heterocycles. The van der Waals surface area contributed by atoms with Crippen molar-refractivity contribution in [1.29, 1.82) is 0 Å². The van der Waals surface area contributed by atoms with Crippen LogP contribution in [0, 0.1) is 6.92 Å². The second kappa shape index (κ2) is 11.5. The van der Waals surface area contributed by atoms with Crippen LogP contribution in [0.1, 0.15) is 42.9 Å². The minimum absolute atomic E-state index is 0.309. The molecular formula is C19H33N3O2S. The lowest BCUT2D eigenvalue weighted by atomic mass is 10.2. The van der Waals surface area contributed by atoms with Gasteiger partial charge in [0.15, 0.2) is 5.96 Å². The summed E-state index contributed by atoms with van der Waals surface area (Å²) in [5, 5.41) is 6.82. The molecule has 0 amide bonds. The molecule has 1 aliphatic rings. The Balaban J connectivity index is 1.64.